The van der Waals surface area contributed by atoms with E-state index in [0.29, 0.717) is 22.0 Å². The van der Waals surface area contributed by atoms with Crippen molar-refractivity contribution < 1.29 is 0 Å². The highest BCUT2D eigenvalue weighted by molar-refractivity contribution is 6.42. The number of benzene rings is 1. The molecular weight excluding hydrogens is 231 g/mol. The van der Waals surface area contributed by atoms with E-state index in [-0.39, 0.29) is 0 Å². The van der Waals surface area contributed by atoms with Crippen LogP contribution in [0.3, 0.4) is 0 Å². The minimum Gasteiger partial charge on any atom is -0.383 e. The highest BCUT2D eigenvalue weighted by atomic mass is 35.5. The molecule has 0 aromatic heterocycles. The molecule has 0 fully saturated rings. The Morgan fingerprint density at radius 2 is 1.73 bits per heavy atom. The Labute approximate surface area is 100.0 Å². The first-order valence-electron chi connectivity index (χ1n) is 5.07. The highest BCUT2D eigenvalue weighted by Crippen LogP contribution is 2.35. The van der Waals surface area contributed by atoms with Crippen molar-refractivity contribution in [3.05, 3.63) is 22.2 Å². The van der Waals surface area contributed by atoms with Gasteiger partial charge in [0.05, 0.1) is 21.4 Å². The molecule has 1 aromatic rings. The van der Waals surface area contributed by atoms with Gasteiger partial charge in [0.2, 0.25) is 0 Å². The van der Waals surface area contributed by atoms with Gasteiger partial charge in [0.25, 0.3) is 0 Å². The number of hydrogen-bond donors (Lipinski definition) is 2. The fourth-order valence-electron chi connectivity index (χ4n) is 1.65. The number of halogens is 2. The molecule has 0 radical (unpaired) electrons. The van der Waals surface area contributed by atoms with Gasteiger partial charge in [-0.05, 0) is 25.0 Å². The molecule has 2 unspecified atom stereocenters. The lowest BCUT2D eigenvalue weighted by molar-refractivity contribution is 0.542. The lowest BCUT2D eigenvalue weighted by atomic mass is 10.0. The summed E-state index contributed by atoms with van der Waals surface area (Å²) in [7, 11) is 0. The molecule has 2 rings (SSSR count). The maximum atomic E-state index is 5.98. The Bertz CT molecular complexity index is 379. The average molecular weight is 245 g/mol. The molecule has 2 nitrogen and oxygen atoms in total. The molecule has 0 bridgehead atoms. The largest absolute Gasteiger partial charge is 0.383 e. The fraction of sp³-hybridized carbons (Fsp3) is 0.455. The van der Waals surface area contributed by atoms with Crippen LogP contribution < -0.4 is 10.6 Å². The number of hydrogen-bond acceptors (Lipinski definition) is 2. The SMILES string of the molecule is CC1CNc2cc(Cl)c(Cl)cc2NC1C. The van der Waals surface area contributed by atoms with Crippen molar-refractivity contribution in [3.8, 4) is 0 Å². The first-order valence-corrected chi connectivity index (χ1v) is 5.83. The van der Waals surface area contributed by atoms with Crippen LogP contribution >= 0.6 is 23.2 Å². The summed E-state index contributed by atoms with van der Waals surface area (Å²) >= 11 is 12.0. The van der Waals surface area contributed by atoms with Gasteiger partial charge >= 0.3 is 0 Å². The number of nitrogens with one attached hydrogen (secondary N) is 2. The second-order valence-electron chi connectivity index (χ2n) is 4.10. The van der Waals surface area contributed by atoms with Crippen LogP contribution in [0.5, 0.6) is 0 Å². The molecule has 1 aromatic carbocycles. The van der Waals surface area contributed by atoms with Crippen LogP contribution in [0.2, 0.25) is 10.0 Å². The molecule has 4 heteroatoms. The second kappa shape index (κ2) is 4.11. The van der Waals surface area contributed by atoms with Crippen LogP contribution in [0.25, 0.3) is 0 Å². The maximum absolute atomic E-state index is 5.98. The third kappa shape index (κ3) is 2.16. The third-order valence-electron chi connectivity index (χ3n) is 2.91. The van der Waals surface area contributed by atoms with Crippen LogP contribution in [0, 0.1) is 5.92 Å². The summed E-state index contributed by atoms with van der Waals surface area (Å²) in [6.45, 7) is 5.32. The third-order valence-corrected chi connectivity index (χ3v) is 3.63. The van der Waals surface area contributed by atoms with Gasteiger partial charge in [-0.15, -0.1) is 0 Å². The summed E-state index contributed by atoms with van der Waals surface area (Å²) < 4.78 is 0. The molecule has 1 aliphatic heterocycles. The quantitative estimate of drug-likeness (QED) is 0.725. The first kappa shape index (κ1) is 10.9. The van der Waals surface area contributed by atoms with Gasteiger partial charge < -0.3 is 10.6 Å². The van der Waals surface area contributed by atoms with Crippen molar-refractivity contribution in [2.24, 2.45) is 5.92 Å². The molecule has 1 heterocycles. The maximum Gasteiger partial charge on any atom is 0.0614 e. The predicted octanol–water partition coefficient (Wildman–Crippen LogP) is 3.86. The van der Waals surface area contributed by atoms with E-state index in [1.165, 1.54) is 0 Å². The topological polar surface area (TPSA) is 24.1 Å². The minimum absolute atomic E-state index is 0.427. The molecule has 0 aliphatic carbocycles. The Balaban J connectivity index is 2.39. The van der Waals surface area contributed by atoms with E-state index >= 15 is 0 Å². The lowest BCUT2D eigenvalue weighted by Crippen LogP contribution is -2.25. The number of rotatable bonds is 0. The van der Waals surface area contributed by atoms with E-state index in [2.05, 4.69) is 24.5 Å². The molecule has 0 saturated heterocycles. The van der Waals surface area contributed by atoms with Crippen LogP contribution in [0.1, 0.15) is 13.8 Å². The zero-order valence-electron chi connectivity index (χ0n) is 8.77. The summed E-state index contributed by atoms with van der Waals surface area (Å²) in [5.74, 6) is 0.565. The fourth-order valence-corrected chi connectivity index (χ4v) is 1.98. The summed E-state index contributed by atoms with van der Waals surface area (Å²) in [4.78, 5) is 0. The molecule has 82 valence electrons. The van der Waals surface area contributed by atoms with Gasteiger partial charge in [-0.1, -0.05) is 30.1 Å². The standard InChI is InChI=1S/C11H14Cl2N2/c1-6-5-14-10-3-8(12)9(13)4-11(10)15-7(6)2/h3-4,6-7,14-15H,5H2,1-2H3. The lowest BCUT2D eigenvalue weighted by Gasteiger charge is -2.17. The average Bonchev–Trinajstić information content (AvgIpc) is 2.31. The van der Waals surface area contributed by atoms with Crippen LogP contribution in [0.15, 0.2) is 12.1 Å². The molecule has 1 aliphatic rings. The van der Waals surface area contributed by atoms with E-state index in [1.807, 2.05) is 12.1 Å². The number of anilines is 2. The van der Waals surface area contributed by atoms with Gasteiger partial charge in [-0.2, -0.15) is 0 Å². The van der Waals surface area contributed by atoms with Gasteiger partial charge in [0.1, 0.15) is 0 Å². The van der Waals surface area contributed by atoms with Crippen LogP contribution in [-0.2, 0) is 0 Å². The second-order valence-corrected chi connectivity index (χ2v) is 4.92. The van der Waals surface area contributed by atoms with Crippen molar-refractivity contribution in [2.45, 2.75) is 19.9 Å². The Kier molecular flexibility index (Phi) is 2.98. The van der Waals surface area contributed by atoms with Crippen LogP contribution in [0.4, 0.5) is 11.4 Å². The summed E-state index contributed by atoms with van der Waals surface area (Å²) in [5.41, 5.74) is 2.06. The zero-order valence-corrected chi connectivity index (χ0v) is 10.3. The first-order chi connectivity index (χ1) is 7.08. The summed E-state index contributed by atoms with van der Waals surface area (Å²) in [6.07, 6.45) is 0. The smallest absolute Gasteiger partial charge is 0.0614 e. The molecule has 0 spiro atoms. The molecule has 2 N–H and O–H groups in total. The molecule has 2 atom stereocenters. The van der Waals surface area contributed by atoms with Crippen molar-refractivity contribution in [1.29, 1.82) is 0 Å². The van der Waals surface area contributed by atoms with E-state index in [0.717, 1.165) is 17.9 Å². The summed E-state index contributed by atoms with van der Waals surface area (Å²) in [5, 5.41) is 7.98. The Morgan fingerprint density at radius 1 is 1.13 bits per heavy atom. The Hall–Kier alpha value is -0.600. The summed E-state index contributed by atoms with van der Waals surface area (Å²) in [6, 6.07) is 4.17. The monoisotopic (exact) mass is 244 g/mol. The van der Waals surface area contributed by atoms with Crippen LogP contribution in [-0.4, -0.2) is 12.6 Å². The van der Waals surface area contributed by atoms with E-state index in [9.17, 15) is 0 Å². The normalized spacial score (nSPS) is 24.8. The van der Waals surface area contributed by atoms with Gasteiger partial charge in [0, 0.05) is 12.6 Å². The van der Waals surface area contributed by atoms with E-state index in [1.54, 1.807) is 0 Å². The van der Waals surface area contributed by atoms with Crippen molar-refractivity contribution in [2.75, 3.05) is 17.2 Å². The molecular formula is C11H14Cl2N2. The minimum atomic E-state index is 0.427. The molecule has 15 heavy (non-hydrogen) atoms. The van der Waals surface area contributed by atoms with Gasteiger partial charge in [0.15, 0.2) is 0 Å². The highest BCUT2D eigenvalue weighted by Gasteiger charge is 2.19. The van der Waals surface area contributed by atoms with Gasteiger partial charge in [-0.25, -0.2) is 0 Å². The predicted molar refractivity (Wildman–Crippen MR) is 67.2 cm³/mol. The van der Waals surface area contributed by atoms with E-state index in [4.69, 9.17) is 23.2 Å². The van der Waals surface area contributed by atoms with Crippen molar-refractivity contribution >= 4 is 34.6 Å². The molecule has 0 saturated carbocycles. The van der Waals surface area contributed by atoms with Crippen molar-refractivity contribution in [1.82, 2.24) is 0 Å². The Morgan fingerprint density at radius 3 is 2.40 bits per heavy atom. The zero-order chi connectivity index (χ0) is 11.0. The molecule has 0 amide bonds. The van der Waals surface area contributed by atoms with Gasteiger partial charge in [-0.3, -0.25) is 0 Å². The van der Waals surface area contributed by atoms with Crippen molar-refractivity contribution in [3.63, 3.8) is 0 Å². The number of fused-ring (bicyclic) bond motifs is 1. The van der Waals surface area contributed by atoms with E-state index < -0.39 is 0 Å².